The van der Waals surface area contributed by atoms with Gasteiger partial charge in [0, 0.05) is 0 Å². The van der Waals surface area contributed by atoms with Crippen LogP contribution in [0.5, 0.6) is 0 Å². The van der Waals surface area contributed by atoms with Gasteiger partial charge in [0.1, 0.15) is 0 Å². The highest BCUT2D eigenvalue weighted by Crippen LogP contribution is 1.94. The largest absolute Gasteiger partial charge is 0.331 e. The van der Waals surface area contributed by atoms with Crippen molar-refractivity contribution in [2.24, 2.45) is 0 Å². The van der Waals surface area contributed by atoms with Gasteiger partial charge < -0.3 is 4.48 Å². The molecule has 0 N–H and O–H groups in total. The molecule has 0 aliphatic heterocycles. The zero-order chi connectivity index (χ0) is 8.62. The van der Waals surface area contributed by atoms with E-state index in [9.17, 15) is 0 Å². The second-order valence-electron chi connectivity index (χ2n) is 3.37. The minimum atomic E-state index is 1.10. The molecule has 1 heteroatoms. The van der Waals surface area contributed by atoms with Crippen molar-refractivity contribution in [2.75, 3.05) is 27.7 Å². The summed E-state index contributed by atoms with van der Waals surface area (Å²) < 4.78 is 1.10. The van der Waals surface area contributed by atoms with Gasteiger partial charge in [0.05, 0.1) is 27.7 Å². The average molecular weight is 146 g/mol. The maximum absolute atomic E-state index is 2.23. The Balaban J connectivity index is 0. The predicted octanol–water partition coefficient (Wildman–Crippen LogP) is 2.52. The van der Waals surface area contributed by atoms with Crippen molar-refractivity contribution in [3.8, 4) is 0 Å². The molecule has 0 heterocycles. The van der Waals surface area contributed by atoms with Gasteiger partial charge in [-0.05, 0) is 6.42 Å². The van der Waals surface area contributed by atoms with Gasteiger partial charge in [0.25, 0.3) is 0 Å². The Hall–Kier alpha value is -0.0400. The van der Waals surface area contributed by atoms with E-state index in [2.05, 4.69) is 28.1 Å². The molecule has 0 aliphatic rings. The van der Waals surface area contributed by atoms with Gasteiger partial charge in [0.15, 0.2) is 0 Å². The van der Waals surface area contributed by atoms with Crippen LogP contribution in [0.3, 0.4) is 0 Å². The van der Waals surface area contributed by atoms with Crippen molar-refractivity contribution in [3.05, 3.63) is 0 Å². The highest BCUT2D eigenvalue weighted by atomic mass is 15.3. The molecule has 0 saturated carbocycles. The molecule has 0 fully saturated rings. The summed E-state index contributed by atoms with van der Waals surface area (Å²) in [6, 6.07) is 0. The maximum atomic E-state index is 2.23. The minimum absolute atomic E-state index is 1.10. The molecule has 0 aromatic carbocycles. The van der Waals surface area contributed by atoms with Crippen LogP contribution < -0.4 is 0 Å². The van der Waals surface area contributed by atoms with Crippen LogP contribution in [0, 0.1) is 0 Å². The Morgan fingerprint density at radius 2 is 1.40 bits per heavy atom. The first-order valence-electron chi connectivity index (χ1n) is 4.36. The fourth-order valence-electron chi connectivity index (χ4n) is 0.632. The Kier molecular flexibility index (Phi) is 8.92. The van der Waals surface area contributed by atoms with Crippen molar-refractivity contribution >= 4 is 0 Å². The summed E-state index contributed by atoms with van der Waals surface area (Å²) in [7, 11) is 6.70. The standard InChI is InChI=1S/C7H18N.C2H6/c1-5-6-7-8(2,3)4;1-2/h5-7H2,1-4H3;1-2H3/q+1;. The third kappa shape index (κ3) is 15.7. The summed E-state index contributed by atoms with van der Waals surface area (Å²) >= 11 is 0. The number of unbranched alkanes of at least 4 members (excludes halogenated alkanes) is 1. The minimum Gasteiger partial charge on any atom is -0.331 e. The van der Waals surface area contributed by atoms with Gasteiger partial charge in [-0.1, -0.05) is 27.2 Å². The Labute approximate surface area is 66.6 Å². The molecular weight excluding hydrogens is 122 g/mol. The van der Waals surface area contributed by atoms with E-state index in [1.165, 1.54) is 19.4 Å². The summed E-state index contributed by atoms with van der Waals surface area (Å²) in [4.78, 5) is 0. The first kappa shape index (κ1) is 12.6. The molecule has 0 aromatic heterocycles. The quantitative estimate of drug-likeness (QED) is 0.537. The molecule has 0 atom stereocenters. The third-order valence-electron chi connectivity index (χ3n) is 1.18. The van der Waals surface area contributed by atoms with Gasteiger partial charge >= 0.3 is 0 Å². The van der Waals surface area contributed by atoms with Crippen LogP contribution in [0.25, 0.3) is 0 Å². The molecule has 0 rings (SSSR count). The molecule has 0 radical (unpaired) electrons. The SMILES string of the molecule is CC.CCCC[N+](C)(C)C. The number of rotatable bonds is 3. The van der Waals surface area contributed by atoms with Gasteiger partial charge in [-0.25, -0.2) is 0 Å². The Morgan fingerprint density at radius 3 is 1.50 bits per heavy atom. The molecule has 0 saturated heterocycles. The van der Waals surface area contributed by atoms with Crippen LogP contribution in [0.4, 0.5) is 0 Å². The van der Waals surface area contributed by atoms with E-state index in [0.29, 0.717) is 0 Å². The van der Waals surface area contributed by atoms with Crippen molar-refractivity contribution in [3.63, 3.8) is 0 Å². The van der Waals surface area contributed by atoms with E-state index in [4.69, 9.17) is 0 Å². The lowest BCUT2D eigenvalue weighted by Crippen LogP contribution is -2.35. The lowest BCUT2D eigenvalue weighted by molar-refractivity contribution is -0.870. The summed E-state index contributed by atoms with van der Waals surface area (Å²) in [5.74, 6) is 0. The topological polar surface area (TPSA) is 0 Å². The van der Waals surface area contributed by atoms with E-state index >= 15 is 0 Å². The molecule has 1 nitrogen and oxygen atoms in total. The molecular formula is C9H24N+. The van der Waals surface area contributed by atoms with Crippen LogP contribution in [0.1, 0.15) is 33.6 Å². The molecule has 10 heavy (non-hydrogen) atoms. The molecule has 0 bridgehead atoms. The monoisotopic (exact) mass is 146 g/mol. The fourth-order valence-corrected chi connectivity index (χ4v) is 0.632. The second-order valence-corrected chi connectivity index (χ2v) is 3.37. The molecule has 0 aromatic rings. The van der Waals surface area contributed by atoms with Crippen molar-refractivity contribution in [1.82, 2.24) is 0 Å². The molecule has 64 valence electrons. The van der Waals surface area contributed by atoms with Crippen LogP contribution in [0.2, 0.25) is 0 Å². The van der Waals surface area contributed by atoms with E-state index < -0.39 is 0 Å². The Morgan fingerprint density at radius 1 is 1.00 bits per heavy atom. The normalized spacial score (nSPS) is 10.2. The highest BCUT2D eigenvalue weighted by molar-refractivity contribution is 4.29. The van der Waals surface area contributed by atoms with Crippen LogP contribution >= 0.6 is 0 Å². The number of hydrogen-bond donors (Lipinski definition) is 0. The fraction of sp³-hybridized carbons (Fsp3) is 1.00. The third-order valence-corrected chi connectivity index (χ3v) is 1.18. The van der Waals surface area contributed by atoms with Crippen LogP contribution in [-0.4, -0.2) is 32.2 Å². The summed E-state index contributed by atoms with van der Waals surface area (Å²) in [6.45, 7) is 7.53. The van der Waals surface area contributed by atoms with Gasteiger partial charge in [-0.2, -0.15) is 0 Å². The van der Waals surface area contributed by atoms with Crippen LogP contribution in [0.15, 0.2) is 0 Å². The number of nitrogens with zero attached hydrogens (tertiary/aromatic N) is 1. The zero-order valence-corrected chi connectivity index (χ0v) is 8.57. The average Bonchev–Trinajstić information content (AvgIpc) is 1.87. The highest BCUT2D eigenvalue weighted by Gasteiger charge is 2.02. The van der Waals surface area contributed by atoms with E-state index in [1.54, 1.807) is 0 Å². The lowest BCUT2D eigenvalue weighted by atomic mass is 10.3. The van der Waals surface area contributed by atoms with Crippen molar-refractivity contribution < 1.29 is 4.48 Å². The summed E-state index contributed by atoms with van der Waals surface area (Å²) in [6.07, 6.45) is 2.67. The van der Waals surface area contributed by atoms with Gasteiger partial charge in [-0.15, -0.1) is 0 Å². The maximum Gasteiger partial charge on any atom is 0.0780 e. The second kappa shape index (κ2) is 7.07. The number of quaternary nitrogens is 1. The van der Waals surface area contributed by atoms with E-state index in [-0.39, 0.29) is 0 Å². The van der Waals surface area contributed by atoms with E-state index in [0.717, 1.165) is 4.48 Å². The predicted molar refractivity (Wildman–Crippen MR) is 49.2 cm³/mol. The van der Waals surface area contributed by atoms with Gasteiger partial charge in [-0.3, -0.25) is 0 Å². The first-order chi connectivity index (χ1) is 4.56. The summed E-state index contributed by atoms with van der Waals surface area (Å²) in [5.41, 5.74) is 0. The number of hydrogen-bond acceptors (Lipinski definition) is 0. The Bertz CT molecular complexity index is 52.2. The van der Waals surface area contributed by atoms with Crippen molar-refractivity contribution in [1.29, 1.82) is 0 Å². The smallest absolute Gasteiger partial charge is 0.0780 e. The van der Waals surface area contributed by atoms with Gasteiger partial charge in [0.2, 0.25) is 0 Å². The molecule has 0 spiro atoms. The molecule has 0 aliphatic carbocycles. The van der Waals surface area contributed by atoms with Crippen LogP contribution in [-0.2, 0) is 0 Å². The van der Waals surface area contributed by atoms with E-state index in [1.807, 2.05) is 13.8 Å². The zero-order valence-electron chi connectivity index (χ0n) is 8.57. The first-order valence-corrected chi connectivity index (χ1v) is 4.36. The lowest BCUT2D eigenvalue weighted by Gasteiger charge is -2.23. The molecule has 0 unspecified atom stereocenters. The molecule has 0 amide bonds. The van der Waals surface area contributed by atoms with Crippen molar-refractivity contribution in [2.45, 2.75) is 33.6 Å². The summed E-state index contributed by atoms with van der Waals surface area (Å²) in [5, 5.41) is 0.